The maximum Gasteiger partial charge on any atom is 0.343 e. The number of anilines is 1. The Labute approximate surface area is 104 Å². The molecule has 0 fully saturated rings. The summed E-state index contributed by atoms with van der Waals surface area (Å²) in [4.78, 5) is 19.4. The summed E-state index contributed by atoms with van der Waals surface area (Å²) in [5.41, 5.74) is -1.36. The normalized spacial score (nSPS) is 10.9. The molecule has 1 N–H and O–H groups in total. The van der Waals surface area contributed by atoms with Crippen LogP contribution in [0.4, 0.5) is 17.1 Å². The molecule has 8 nitrogen and oxygen atoms in total. The highest BCUT2D eigenvalue weighted by Gasteiger charge is 2.23. The standard InChI is InChI=1S/C6H4Cl2N3O5P/c7-17(8,16)9-5-2-1-4(10(12)13)3-6(5)11(14)15/h1-3H,(H,9,16). The molecule has 0 saturated carbocycles. The van der Waals surface area contributed by atoms with Gasteiger partial charge in [-0.25, -0.2) is 0 Å². The van der Waals surface area contributed by atoms with E-state index in [-0.39, 0.29) is 5.69 Å². The fraction of sp³-hybridized carbons (Fsp3) is 0. The van der Waals surface area contributed by atoms with Gasteiger partial charge in [0.15, 0.2) is 0 Å². The number of nitro groups is 2. The van der Waals surface area contributed by atoms with Crippen LogP contribution in [0.2, 0.25) is 0 Å². The summed E-state index contributed by atoms with van der Waals surface area (Å²) in [5, 5.41) is 23.1. The van der Waals surface area contributed by atoms with E-state index in [1.54, 1.807) is 0 Å². The van der Waals surface area contributed by atoms with E-state index in [1.165, 1.54) is 0 Å². The molecule has 11 heteroatoms. The summed E-state index contributed by atoms with van der Waals surface area (Å²) in [6.07, 6.45) is 0. The number of rotatable bonds is 4. The largest absolute Gasteiger partial charge is 0.343 e. The molecule has 1 aromatic rings. The van der Waals surface area contributed by atoms with E-state index in [2.05, 4.69) is 0 Å². The lowest BCUT2D eigenvalue weighted by Crippen LogP contribution is -1.97. The van der Waals surface area contributed by atoms with E-state index >= 15 is 0 Å². The second-order valence-corrected chi connectivity index (χ2v) is 7.31. The number of nitrogens with one attached hydrogen (secondary N) is 1. The van der Waals surface area contributed by atoms with Crippen molar-refractivity contribution in [1.29, 1.82) is 0 Å². The van der Waals surface area contributed by atoms with Gasteiger partial charge in [0.2, 0.25) is 0 Å². The number of non-ortho nitro benzene ring substituents is 1. The van der Waals surface area contributed by atoms with Gasteiger partial charge >= 0.3 is 6.00 Å². The average molecular weight is 300 g/mol. The summed E-state index contributed by atoms with van der Waals surface area (Å²) in [7, 11) is 0. The number of nitrogens with zero attached hydrogens (tertiary/aromatic N) is 2. The summed E-state index contributed by atoms with van der Waals surface area (Å²) >= 11 is 10.4. The van der Waals surface area contributed by atoms with E-state index in [1.807, 2.05) is 5.09 Å². The monoisotopic (exact) mass is 299 g/mol. The highest BCUT2D eigenvalue weighted by molar-refractivity contribution is 8.09. The Kier molecular flexibility index (Phi) is 3.92. The van der Waals surface area contributed by atoms with Gasteiger partial charge in [-0.1, -0.05) is 0 Å². The van der Waals surface area contributed by atoms with Gasteiger partial charge < -0.3 is 5.09 Å². The van der Waals surface area contributed by atoms with E-state index in [0.717, 1.165) is 12.1 Å². The smallest absolute Gasteiger partial charge is 0.307 e. The zero-order chi connectivity index (χ0) is 13.2. The molecule has 1 aromatic carbocycles. The number of halogens is 2. The van der Waals surface area contributed by atoms with Crippen molar-refractivity contribution in [1.82, 2.24) is 0 Å². The first-order valence-electron chi connectivity index (χ1n) is 3.91. The van der Waals surface area contributed by atoms with Crippen LogP contribution in [0.25, 0.3) is 0 Å². The summed E-state index contributed by atoms with van der Waals surface area (Å²) in [5.74, 6) is -3.77. The number of hydrogen-bond donors (Lipinski definition) is 1. The Bertz CT molecular complexity index is 530. The van der Waals surface area contributed by atoms with Gasteiger partial charge in [-0.2, -0.15) is 0 Å². The van der Waals surface area contributed by atoms with Gasteiger partial charge in [0.05, 0.1) is 15.9 Å². The van der Waals surface area contributed by atoms with Gasteiger partial charge in [-0.05, 0) is 28.5 Å². The molecule has 0 bridgehead atoms. The third-order valence-corrected chi connectivity index (χ3v) is 2.65. The van der Waals surface area contributed by atoms with Crippen LogP contribution in [0.1, 0.15) is 0 Å². The molecule has 1 rings (SSSR count). The highest BCUT2D eigenvalue weighted by atomic mass is 35.9. The van der Waals surface area contributed by atoms with E-state index in [9.17, 15) is 24.8 Å². The molecule has 0 saturated heterocycles. The van der Waals surface area contributed by atoms with Crippen molar-refractivity contribution in [2.75, 3.05) is 5.09 Å². The number of nitro benzene ring substituents is 2. The topological polar surface area (TPSA) is 115 Å². The van der Waals surface area contributed by atoms with Gasteiger partial charge in [0.25, 0.3) is 11.4 Å². The molecule has 92 valence electrons. The molecule has 0 aliphatic rings. The zero-order valence-corrected chi connectivity index (χ0v) is 10.3. The highest BCUT2D eigenvalue weighted by Crippen LogP contribution is 2.56. The first-order valence-corrected chi connectivity index (χ1v) is 7.43. The van der Waals surface area contributed by atoms with Crippen LogP contribution in [0.5, 0.6) is 0 Å². The fourth-order valence-electron chi connectivity index (χ4n) is 1.02. The average Bonchev–Trinajstić information content (AvgIpc) is 2.14. The Hall–Kier alpha value is -1.37. The fourth-order valence-corrected chi connectivity index (χ4v) is 2.04. The lowest BCUT2D eigenvalue weighted by molar-refractivity contribution is -0.393. The van der Waals surface area contributed by atoms with Crippen molar-refractivity contribution < 1.29 is 14.4 Å². The summed E-state index contributed by atoms with van der Waals surface area (Å²) < 4.78 is 11.0. The second-order valence-electron chi connectivity index (χ2n) is 2.79. The van der Waals surface area contributed by atoms with Crippen LogP contribution in [0.15, 0.2) is 18.2 Å². The molecule has 0 heterocycles. The molecule has 0 spiro atoms. The second kappa shape index (κ2) is 4.87. The Balaban J connectivity index is 3.27. The third-order valence-electron chi connectivity index (χ3n) is 1.64. The van der Waals surface area contributed by atoms with Crippen LogP contribution in [0, 0.1) is 20.2 Å². The maximum atomic E-state index is 11.0. The molecular formula is C6H4Cl2N3O5P. The lowest BCUT2D eigenvalue weighted by Gasteiger charge is -2.06. The molecule has 17 heavy (non-hydrogen) atoms. The zero-order valence-electron chi connectivity index (χ0n) is 7.87. The van der Waals surface area contributed by atoms with E-state index in [0.29, 0.717) is 6.07 Å². The van der Waals surface area contributed by atoms with Crippen molar-refractivity contribution in [2.45, 2.75) is 0 Å². The van der Waals surface area contributed by atoms with Crippen LogP contribution in [0.3, 0.4) is 0 Å². The van der Waals surface area contributed by atoms with Crippen molar-refractivity contribution in [3.63, 3.8) is 0 Å². The Morgan fingerprint density at radius 1 is 1.18 bits per heavy atom. The summed E-state index contributed by atoms with van der Waals surface area (Å²) in [6.45, 7) is 0. The lowest BCUT2D eigenvalue weighted by atomic mass is 10.2. The van der Waals surface area contributed by atoms with Gasteiger partial charge in [-0.15, -0.1) is 0 Å². The number of hydrogen-bond acceptors (Lipinski definition) is 5. The van der Waals surface area contributed by atoms with Crippen molar-refractivity contribution in [3.05, 3.63) is 38.4 Å². The minimum Gasteiger partial charge on any atom is -0.307 e. The van der Waals surface area contributed by atoms with Crippen LogP contribution in [-0.4, -0.2) is 9.85 Å². The molecule has 0 unspecified atom stereocenters. The van der Waals surface area contributed by atoms with Crippen molar-refractivity contribution in [2.24, 2.45) is 0 Å². The predicted octanol–water partition coefficient (Wildman–Crippen LogP) is 3.50. The van der Waals surface area contributed by atoms with Crippen LogP contribution in [-0.2, 0) is 4.57 Å². The molecule has 0 aliphatic heterocycles. The van der Waals surface area contributed by atoms with Gasteiger partial charge in [0.1, 0.15) is 5.69 Å². The van der Waals surface area contributed by atoms with Crippen molar-refractivity contribution >= 4 is 45.5 Å². The minimum atomic E-state index is -3.77. The van der Waals surface area contributed by atoms with Crippen LogP contribution >= 0.6 is 28.5 Å². The molecular weight excluding hydrogens is 296 g/mol. The third kappa shape index (κ3) is 3.85. The maximum absolute atomic E-state index is 11.0. The number of benzene rings is 1. The minimum absolute atomic E-state index is 0.256. The quantitative estimate of drug-likeness (QED) is 0.517. The van der Waals surface area contributed by atoms with Gasteiger partial charge in [0, 0.05) is 6.07 Å². The van der Waals surface area contributed by atoms with E-state index < -0.39 is 27.2 Å². The Morgan fingerprint density at radius 3 is 2.18 bits per heavy atom. The molecule has 0 atom stereocenters. The molecule has 0 aliphatic carbocycles. The van der Waals surface area contributed by atoms with Gasteiger partial charge in [-0.3, -0.25) is 24.8 Å². The van der Waals surface area contributed by atoms with Crippen LogP contribution < -0.4 is 5.09 Å². The molecule has 0 aromatic heterocycles. The van der Waals surface area contributed by atoms with Crippen molar-refractivity contribution in [3.8, 4) is 0 Å². The first-order chi connectivity index (χ1) is 7.70. The summed E-state index contributed by atoms with van der Waals surface area (Å²) in [6, 6.07) is 2.72. The Morgan fingerprint density at radius 2 is 1.76 bits per heavy atom. The first kappa shape index (κ1) is 13.7. The van der Waals surface area contributed by atoms with E-state index in [4.69, 9.17) is 22.5 Å². The SMILES string of the molecule is O=[N+]([O-])c1ccc(NP(=O)(Cl)Cl)c([N+](=O)[O-])c1. The molecule has 0 radical (unpaired) electrons. The predicted molar refractivity (Wildman–Crippen MR) is 62.7 cm³/mol. The molecule has 0 amide bonds.